The predicted molar refractivity (Wildman–Crippen MR) is 109 cm³/mol. The Morgan fingerprint density at radius 1 is 1.19 bits per heavy atom. The minimum absolute atomic E-state index is 0.00117. The number of hydrogen-bond donors (Lipinski definition) is 1. The highest BCUT2D eigenvalue weighted by molar-refractivity contribution is 5.94. The molecule has 1 aliphatic heterocycles. The first kappa shape index (κ1) is 19.6. The van der Waals surface area contributed by atoms with Crippen molar-refractivity contribution in [3.63, 3.8) is 0 Å². The molecule has 1 aliphatic rings. The fourth-order valence-electron chi connectivity index (χ4n) is 3.88. The number of aromatic nitrogens is 2. The van der Waals surface area contributed by atoms with Crippen LogP contribution in [0.1, 0.15) is 60.8 Å². The maximum absolute atomic E-state index is 12.3. The lowest BCUT2D eigenvalue weighted by Gasteiger charge is -2.33. The molecule has 1 atom stereocenters. The quantitative estimate of drug-likeness (QED) is 0.755. The summed E-state index contributed by atoms with van der Waals surface area (Å²) in [5.41, 5.74) is 3.76. The molecule has 0 saturated carbocycles. The van der Waals surface area contributed by atoms with Crippen LogP contribution in [0.15, 0.2) is 30.3 Å². The highest BCUT2D eigenvalue weighted by Crippen LogP contribution is 2.16. The van der Waals surface area contributed by atoms with Crippen LogP contribution in [0.3, 0.4) is 0 Å². The van der Waals surface area contributed by atoms with Gasteiger partial charge in [0.15, 0.2) is 0 Å². The van der Waals surface area contributed by atoms with Crippen LogP contribution in [0.5, 0.6) is 0 Å². The third kappa shape index (κ3) is 5.19. The van der Waals surface area contributed by atoms with Crippen LogP contribution in [0.25, 0.3) is 5.69 Å². The van der Waals surface area contributed by atoms with Gasteiger partial charge in [-0.25, -0.2) is 4.68 Å². The highest BCUT2D eigenvalue weighted by Gasteiger charge is 2.17. The molecule has 5 heteroatoms. The van der Waals surface area contributed by atoms with Crippen LogP contribution in [0, 0.1) is 13.8 Å². The number of nitrogens with zero attached hydrogens (tertiary/aromatic N) is 3. The van der Waals surface area contributed by atoms with E-state index in [0.717, 1.165) is 43.0 Å². The topological polar surface area (TPSA) is 50.2 Å². The second kappa shape index (κ2) is 9.18. The molecular weight excluding hydrogens is 336 g/mol. The van der Waals surface area contributed by atoms with E-state index in [1.807, 2.05) is 48.9 Å². The standard InChI is InChI=1S/C22H32N4O/c1-17-16-19(3)26(24-17)21-11-9-20(10-12-21)22(27)23-13-5-7-15-25-14-6-4-8-18(25)2/h9-12,16,18H,4-8,13-15H2,1-3H3,(H,23,27). The number of hydrogen-bond acceptors (Lipinski definition) is 3. The Kier molecular flexibility index (Phi) is 6.67. The first-order valence-electron chi connectivity index (χ1n) is 10.2. The van der Waals surface area contributed by atoms with Gasteiger partial charge in [0.1, 0.15) is 0 Å². The van der Waals surface area contributed by atoms with E-state index in [-0.39, 0.29) is 5.91 Å². The highest BCUT2D eigenvalue weighted by atomic mass is 16.1. The van der Waals surface area contributed by atoms with Gasteiger partial charge in [-0.3, -0.25) is 4.79 Å². The summed E-state index contributed by atoms with van der Waals surface area (Å²) in [5, 5.41) is 7.52. The number of carbonyl (C=O) groups excluding carboxylic acids is 1. The SMILES string of the molecule is Cc1cc(C)n(-c2ccc(C(=O)NCCCCN3CCCCC3C)cc2)n1. The summed E-state index contributed by atoms with van der Waals surface area (Å²) in [6, 6.07) is 10.4. The monoisotopic (exact) mass is 368 g/mol. The largest absolute Gasteiger partial charge is 0.352 e. The Hall–Kier alpha value is -2.14. The Morgan fingerprint density at radius 2 is 1.96 bits per heavy atom. The molecule has 3 rings (SSSR count). The van der Waals surface area contributed by atoms with Gasteiger partial charge in [-0.05, 0) is 89.9 Å². The lowest BCUT2D eigenvalue weighted by Crippen LogP contribution is -2.38. The molecule has 1 aromatic carbocycles. The van der Waals surface area contributed by atoms with Gasteiger partial charge in [0, 0.05) is 23.8 Å². The number of carbonyl (C=O) groups is 1. The molecule has 1 N–H and O–H groups in total. The normalized spacial score (nSPS) is 17.8. The molecule has 1 aromatic heterocycles. The molecule has 1 unspecified atom stereocenters. The predicted octanol–water partition coefficient (Wildman–Crippen LogP) is 3.87. The first-order valence-corrected chi connectivity index (χ1v) is 10.2. The van der Waals surface area contributed by atoms with E-state index in [1.165, 1.54) is 25.8 Å². The van der Waals surface area contributed by atoms with Crippen molar-refractivity contribution in [1.82, 2.24) is 20.0 Å². The molecule has 1 fully saturated rings. The fraction of sp³-hybridized carbons (Fsp3) is 0.545. The molecule has 5 nitrogen and oxygen atoms in total. The molecule has 0 spiro atoms. The number of aryl methyl sites for hydroxylation is 2. The maximum Gasteiger partial charge on any atom is 0.251 e. The average molecular weight is 369 g/mol. The molecule has 1 amide bonds. The Labute approximate surface area is 162 Å². The second-order valence-electron chi connectivity index (χ2n) is 7.73. The number of rotatable bonds is 7. The third-order valence-corrected chi connectivity index (χ3v) is 5.48. The molecule has 0 bridgehead atoms. The van der Waals surface area contributed by atoms with Gasteiger partial charge in [0.05, 0.1) is 11.4 Å². The lowest BCUT2D eigenvalue weighted by atomic mass is 10.0. The zero-order valence-corrected chi connectivity index (χ0v) is 16.9. The van der Waals surface area contributed by atoms with E-state index in [4.69, 9.17) is 0 Å². The zero-order valence-electron chi connectivity index (χ0n) is 16.9. The molecule has 0 radical (unpaired) electrons. The van der Waals surface area contributed by atoms with Gasteiger partial charge in [-0.2, -0.15) is 5.10 Å². The van der Waals surface area contributed by atoms with E-state index in [9.17, 15) is 4.79 Å². The number of amides is 1. The molecule has 1 saturated heterocycles. The van der Waals surface area contributed by atoms with Gasteiger partial charge in [-0.15, -0.1) is 0 Å². The van der Waals surface area contributed by atoms with E-state index in [0.29, 0.717) is 11.6 Å². The zero-order chi connectivity index (χ0) is 19.2. The first-order chi connectivity index (χ1) is 13.0. The van der Waals surface area contributed by atoms with E-state index < -0.39 is 0 Å². The van der Waals surface area contributed by atoms with Crippen LogP contribution in [-0.2, 0) is 0 Å². The minimum Gasteiger partial charge on any atom is -0.352 e. The third-order valence-electron chi connectivity index (χ3n) is 5.48. The number of unbranched alkanes of at least 4 members (excludes halogenated alkanes) is 1. The van der Waals surface area contributed by atoms with Crippen molar-refractivity contribution in [2.75, 3.05) is 19.6 Å². The van der Waals surface area contributed by atoms with Crippen molar-refractivity contribution < 1.29 is 4.79 Å². The second-order valence-corrected chi connectivity index (χ2v) is 7.73. The summed E-state index contributed by atoms with van der Waals surface area (Å²) >= 11 is 0. The van der Waals surface area contributed by atoms with Crippen molar-refractivity contribution in [3.05, 3.63) is 47.3 Å². The Balaban J connectivity index is 1.42. The fourth-order valence-corrected chi connectivity index (χ4v) is 3.88. The van der Waals surface area contributed by atoms with Crippen molar-refractivity contribution in [2.24, 2.45) is 0 Å². The van der Waals surface area contributed by atoms with Crippen LogP contribution < -0.4 is 5.32 Å². The van der Waals surface area contributed by atoms with Gasteiger partial charge < -0.3 is 10.2 Å². The molecule has 2 aromatic rings. The van der Waals surface area contributed by atoms with Gasteiger partial charge in [-0.1, -0.05) is 6.42 Å². The van der Waals surface area contributed by atoms with Crippen molar-refractivity contribution in [3.8, 4) is 5.69 Å². The van der Waals surface area contributed by atoms with Crippen LogP contribution in [0.2, 0.25) is 0 Å². The van der Waals surface area contributed by atoms with Crippen molar-refractivity contribution in [1.29, 1.82) is 0 Å². The summed E-state index contributed by atoms with van der Waals surface area (Å²) in [6.45, 7) is 9.46. The summed E-state index contributed by atoms with van der Waals surface area (Å²) in [7, 11) is 0. The number of piperidine rings is 1. The molecular formula is C22H32N4O. The summed E-state index contributed by atoms with van der Waals surface area (Å²) < 4.78 is 1.90. The van der Waals surface area contributed by atoms with Gasteiger partial charge >= 0.3 is 0 Å². The average Bonchev–Trinajstić information content (AvgIpc) is 3.01. The van der Waals surface area contributed by atoms with Crippen LogP contribution >= 0.6 is 0 Å². The van der Waals surface area contributed by atoms with Crippen LogP contribution in [-0.4, -0.2) is 46.3 Å². The minimum atomic E-state index is 0.00117. The summed E-state index contributed by atoms with van der Waals surface area (Å²) in [4.78, 5) is 14.9. The molecule has 27 heavy (non-hydrogen) atoms. The van der Waals surface area contributed by atoms with Gasteiger partial charge in [0.25, 0.3) is 5.91 Å². The molecule has 146 valence electrons. The van der Waals surface area contributed by atoms with Gasteiger partial charge in [0.2, 0.25) is 0 Å². The lowest BCUT2D eigenvalue weighted by molar-refractivity contribution is 0.0951. The molecule has 0 aliphatic carbocycles. The number of nitrogens with one attached hydrogen (secondary N) is 1. The van der Waals surface area contributed by atoms with Crippen molar-refractivity contribution >= 4 is 5.91 Å². The van der Waals surface area contributed by atoms with E-state index in [2.05, 4.69) is 22.2 Å². The smallest absolute Gasteiger partial charge is 0.251 e. The van der Waals surface area contributed by atoms with Crippen molar-refractivity contribution in [2.45, 2.75) is 58.9 Å². The van der Waals surface area contributed by atoms with E-state index >= 15 is 0 Å². The van der Waals surface area contributed by atoms with Crippen LogP contribution in [0.4, 0.5) is 0 Å². The summed E-state index contributed by atoms with van der Waals surface area (Å²) in [6.07, 6.45) is 6.19. The maximum atomic E-state index is 12.3. The summed E-state index contributed by atoms with van der Waals surface area (Å²) in [5.74, 6) is 0.00117. The number of likely N-dealkylation sites (tertiary alicyclic amines) is 1. The number of benzene rings is 1. The Bertz CT molecular complexity index is 750. The van der Waals surface area contributed by atoms with E-state index in [1.54, 1.807) is 0 Å². The molecule has 2 heterocycles. The Morgan fingerprint density at radius 3 is 2.63 bits per heavy atom.